The predicted molar refractivity (Wildman–Crippen MR) is 89.4 cm³/mol. The maximum Gasteiger partial charge on any atom is 0.130 e. The Morgan fingerprint density at radius 1 is 1.11 bits per heavy atom. The van der Waals surface area contributed by atoms with Gasteiger partial charge < -0.3 is 5.32 Å². The number of amidine groups is 1. The highest BCUT2D eigenvalue weighted by Gasteiger charge is 2.15. The minimum atomic E-state index is 0.873. The van der Waals surface area contributed by atoms with E-state index in [0.717, 1.165) is 43.8 Å². The Hall–Kier alpha value is -1.10. The van der Waals surface area contributed by atoms with Crippen LogP contribution in [0.4, 0.5) is 0 Å². The summed E-state index contributed by atoms with van der Waals surface area (Å²) in [5.41, 5.74) is 3.72. The van der Waals surface area contributed by atoms with Gasteiger partial charge in [0.25, 0.3) is 0 Å². The van der Waals surface area contributed by atoms with E-state index in [-0.39, 0.29) is 0 Å². The van der Waals surface area contributed by atoms with Crippen LogP contribution in [-0.4, -0.2) is 12.4 Å². The molecule has 1 N–H and O–H groups in total. The van der Waals surface area contributed by atoms with Gasteiger partial charge in [0.1, 0.15) is 5.84 Å². The Labute approximate surface area is 127 Å². The monoisotopic (exact) mass is 364 g/mol. The summed E-state index contributed by atoms with van der Waals surface area (Å²) in [4.78, 5) is 4.80. The normalized spacial score (nSPS) is 22.7. The molecular formula is C16H17IN2. The van der Waals surface area contributed by atoms with Crippen molar-refractivity contribution < 1.29 is 0 Å². The van der Waals surface area contributed by atoms with E-state index in [9.17, 15) is 0 Å². The molecule has 0 radical (unpaired) electrons. The highest BCUT2D eigenvalue weighted by atomic mass is 127. The first-order valence-electron chi connectivity index (χ1n) is 6.78. The lowest BCUT2D eigenvalue weighted by Crippen LogP contribution is -2.29. The first-order chi connectivity index (χ1) is 9.33. The van der Waals surface area contributed by atoms with Gasteiger partial charge in [0.2, 0.25) is 0 Å². The van der Waals surface area contributed by atoms with Gasteiger partial charge >= 0.3 is 0 Å². The van der Waals surface area contributed by atoms with E-state index in [4.69, 9.17) is 4.99 Å². The average Bonchev–Trinajstić information content (AvgIpc) is 2.49. The summed E-state index contributed by atoms with van der Waals surface area (Å²) < 4.78 is 1.42. The van der Waals surface area contributed by atoms with E-state index < -0.39 is 0 Å². The summed E-state index contributed by atoms with van der Waals surface area (Å²) >= 11 is 2.40. The van der Waals surface area contributed by atoms with Crippen molar-refractivity contribution in [2.45, 2.75) is 25.7 Å². The number of rotatable bonds is 2. The molecule has 0 bridgehead atoms. The van der Waals surface area contributed by atoms with Crippen LogP contribution in [0.3, 0.4) is 0 Å². The lowest BCUT2D eigenvalue weighted by atomic mass is 10.0. The summed E-state index contributed by atoms with van der Waals surface area (Å²) in [5, 5.41) is 3.40. The van der Waals surface area contributed by atoms with Gasteiger partial charge in [-0.1, -0.05) is 30.4 Å². The maximum absolute atomic E-state index is 4.80. The molecule has 98 valence electrons. The predicted octanol–water partition coefficient (Wildman–Crippen LogP) is 4.19. The number of hydrogen-bond acceptors (Lipinski definition) is 2. The molecule has 0 saturated heterocycles. The van der Waals surface area contributed by atoms with Gasteiger partial charge in [-0.15, -0.1) is 0 Å². The van der Waals surface area contributed by atoms with Crippen LogP contribution in [0, 0.1) is 0 Å². The van der Waals surface area contributed by atoms with E-state index in [1.807, 2.05) is 0 Å². The summed E-state index contributed by atoms with van der Waals surface area (Å²) in [7, 11) is 0. The Bertz CT molecular complexity index is 559. The van der Waals surface area contributed by atoms with Crippen molar-refractivity contribution >= 4 is 28.4 Å². The van der Waals surface area contributed by atoms with Crippen molar-refractivity contribution in [3.05, 3.63) is 56.9 Å². The highest BCUT2D eigenvalue weighted by Crippen LogP contribution is 2.26. The molecule has 19 heavy (non-hydrogen) atoms. The van der Waals surface area contributed by atoms with Gasteiger partial charge in [0.15, 0.2) is 0 Å². The quantitative estimate of drug-likeness (QED) is 0.731. The fraction of sp³-hybridized carbons (Fsp3) is 0.312. The summed E-state index contributed by atoms with van der Waals surface area (Å²) in [6, 6.07) is 0. The minimum Gasteiger partial charge on any atom is -0.366 e. The van der Waals surface area contributed by atoms with Crippen LogP contribution in [0.2, 0.25) is 0 Å². The second-order valence-corrected chi connectivity index (χ2v) is 6.26. The zero-order valence-electron chi connectivity index (χ0n) is 10.8. The minimum absolute atomic E-state index is 0.873. The third-order valence-corrected chi connectivity index (χ3v) is 4.39. The second kappa shape index (κ2) is 5.90. The van der Waals surface area contributed by atoms with Crippen LogP contribution < -0.4 is 5.32 Å². The number of nitrogens with zero attached hydrogens (tertiary/aromatic N) is 1. The highest BCUT2D eigenvalue weighted by molar-refractivity contribution is 14.1. The fourth-order valence-corrected chi connectivity index (χ4v) is 2.88. The molecule has 0 unspecified atom stereocenters. The molecule has 0 amide bonds. The molecule has 3 aliphatic rings. The zero-order chi connectivity index (χ0) is 13.1. The number of allylic oxidation sites excluding steroid dienone is 6. The summed E-state index contributed by atoms with van der Waals surface area (Å²) in [6.45, 7) is 0.873. The topological polar surface area (TPSA) is 24.4 Å². The first kappa shape index (κ1) is 12.9. The molecule has 0 saturated carbocycles. The fourth-order valence-electron chi connectivity index (χ4n) is 2.43. The van der Waals surface area contributed by atoms with Crippen LogP contribution in [0.15, 0.2) is 61.9 Å². The van der Waals surface area contributed by atoms with Crippen LogP contribution in [-0.2, 0) is 0 Å². The standard InChI is InChI=1S/C16H17IN2/c17-14-8-6-13(7-9-14)16-18-11-10-15(19-16)12-4-2-1-3-5-12/h2,4-6,8,10H,1,3,7,9,11H2,(H,18,19). The van der Waals surface area contributed by atoms with Crippen LogP contribution >= 0.6 is 22.6 Å². The summed E-state index contributed by atoms with van der Waals surface area (Å²) in [5.74, 6) is 1.05. The van der Waals surface area contributed by atoms with Gasteiger partial charge in [-0.3, -0.25) is 0 Å². The van der Waals surface area contributed by atoms with E-state index in [2.05, 4.69) is 64.4 Å². The molecule has 0 aromatic rings. The second-order valence-electron chi connectivity index (χ2n) is 4.88. The van der Waals surface area contributed by atoms with Crippen molar-refractivity contribution in [2.75, 3.05) is 6.54 Å². The Balaban J connectivity index is 1.84. The third-order valence-electron chi connectivity index (χ3n) is 3.49. The SMILES string of the molecule is IC1=CC=C(C2=NC(C3=CCCC=C3)=CCN2)CC1. The number of nitrogens with one attached hydrogen (secondary N) is 1. The number of hydrogen-bond donors (Lipinski definition) is 1. The smallest absolute Gasteiger partial charge is 0.130 e. The van der Waals surface area contributed by atoms with Crippen molar-refractivity contribution in [2.24, 2.45) is 4.99 Å². The Morgan fingerprint density at radius 2 is 2.05 bits per heavy atom. The van der Waals surface area contributed by atoms with Crippen molar-refractivity contribution in [3.8, 4) is 0 Å². The van der Waals surface area contributed by atoms with Gasteiger partial charge in [-0.05, 0) is 69.1 Å². The molecule has 1 heterocycles. The molecule has 3 heteroatoms. The van der Waals surface area contributed by atoms with E-state index >= 15 is 0 Å². The van der Waals surface area contributed by atoms with Crippen molar-refractivity contribution in [3.63, 3.8) is 0 Å². The van der Waals surface area contributed by atoms with Gasteiger partial charge in [0, 0.05) is 6.54 Å². The van der Waals surface area contributed by atoms with E-state index in [0.29, 0.717) is 0 Å². The van der Waals surface area contributed by atoms with Crippen molar-refractivity contribution in [1.29, 1.82) is 0 Å². The number of halogens is 1. The molecular weight excluding hydrogens is 347 g/mol. The number of aliphatic imine (C=N–C) groups is 1. The Morgan fingerprint density at radius 3 is 2.79 bits per heavy atom. The molecule has 0 aromatic carbocycles. The van der Waals surface area contributed by atoms with Gasteiger partial charge in [-0.25, -0.2) is 4.99 Å². The molecule has 0 atom stereocenters. The van der Waals surface area contributed by atoms with Crippen molar-refractivity contribution in [1.82, 2.24) is 5.32 Å². The zero-order valence-corrected chi connectivity index (χ0v) is 13.0. The van der Waals surface area contributed by atoms with E-state index in [1.165, 1.54) is 14.7 Å². The lowest BCUT2D eigenvalue weighted by molar-refractivity contribution is 0.929. The van der Waals surface area contributed by atoms with Gasteiger partial charge in [-0.2, -0.15) is 0 Å². The molecule has 0 aromatic heterocycles. The van der Waals surface area contributed by atoms with Crippen LogP contribution in [0.1, 0.15) is 25.7 Å². The molecule has 2 aliphatic carbocycles. The third kappa shape index (κ3) is 3.08. The molecule has 0 spiro atoms. The van der Waals surface area contributed by atoms with Crippen LogP contribution in [0.5, 0.6) is 0 Å². The first-order valence-corrected chi connectivity index (χ1v) is 7.86. The molecule has 1 aliphatic heterocycles. The van der Waals surface area contributed by atoms with Crippen LogP contribution in [0.25, 0.3) is 0 Å². The summed E-state index contributed by atoms with van der Waals surface area (Å²) in [6.07, 6.45) is 17.8. The Kier molecular flexibility index (Phi) is 4.01. The lowest BCUT2D eigenvalue weighted by Gasteiger charge is -2.20. The molecule has 2 nitrogen and oxygen atoms in total. The maximum atomic E-state index is 4.80. The van der Waals surface area contributed by atoms with Gasteiger partial charge in [0.05, 0.1) is 5.70 Å². The molecule has 0 fully saturated rings. The van der Waals surface area contributed by atoms with E-state index in [1.54, 1.807) is 0 Å². The molecule has 3 rings (SSSR count). The average molecular weight is 364 g/mol. The largest absolute Gasteiger partial charge is 0.366 e.